The largest absolute Gasteiger partial charge is 0.394 e. The molecule has 3 unspecified atom stereocenters. The second-order valence-corrected chi connectivity index (χ2v) is 3.95. The van der Waals surface area contributed by atoms with Crippen molar-refractivity contribution in [2.75, 3.05) is 6.61 Å². The number of carbonyl (C=O) groups excluding carboxylic acids is 1. The summed E-state index contributed by atoms with van der Waals surface area (Å²) in [5.74, 6) is 0. The van der Waals surface area contributed by atoms with E-state index in [1.165, 1.54) is 12.3 Å². The highest BCUT2D eigenvalue weighted by Gasteiger charge is 2.46. The normalized spacial score (nSPS) is 41.8. The van der Waals surface area contributed by atoms with Gasteiger partial charge in [0.15, 0.2) is 6.23 Å². The Labute approximate surface area is 97.3 Å². The van der Waals surface area contributed by atoms with Crippen LogP contribution >= 0.6 is 0 Å². The first-order valence-corrected chi connectivity index (χ1v) is 5.20. The standard InChI is InChI=1S/C9H15N3O5/c10-5-1-2-12(9(16)11-5)8-7(15)6(14)4(3-13)17-8/h1-2,4-8,13-15H,3,10H2,(H,11,16)/t4-,5?,6?,7?,8-/m1/s1. The van der Waals surface area contributed by atoms with E-state index in [0.717, 1.165) is 4.90 Å². The van der Waals surface area contributed by atoms with Crippen LogP contribution in [0.3, 0.4) is 0 Å². The Hall–Kier alpha value is -1.19. The summed E-state index contributed by atoms with van der Waals surface area (Å²) in [5, 5.41) is 30.6. The fourth-order valence-corrected chi connectivity index (χ4v) is 1.83. The van der Waals surface area contributed by atoms with Gasteiger partial charge in [0.25, 0.3) is 0 Å². The quantitative estimate of drug-likeness (QED) is 0.359. The van der Waals surface area contributed by atoms with Gasteiger partial charge in [-0.15, -0.1) is 0 Å². The number of nitrogens with one attached hydrogen (secondary N) is 1. The van der Waals surface area contributed by atoms with E-state index in [2.05, 4.69) is 5.32 Å². The van der Waals surface area contributed by atoms with E-state index in [4.69, 9.17) is 15.6 Å². The van der Waals surface area contributed by atoms with Crippen LogP contribution < -0.4 is 11.1 Å². The molecule has 5 atom stereocenters. The molecule has 2 heterocycles. The molecule has 17 heavy (non-hydrogen) atoms. The van der Waals surface area contributed by atoms with Crippen molar-refractivity contribution in [2.45, 2.75) is 30.7 Å². The van der Waals surface area contributed by atoms with Crippen molar-refractivity contribution in [1.82, 2.24) is 10.2 Å². The Morgan fingerprint density at radius 3 is 2.71 bits per heavy atom. The number of nitrogens with zero attached hydrogens (tertiary/aromatic N) is 1. The summed E-state index contributed by atoms with van der Waals surface area (Å²) in [6, 6.07) is -0.533. The van der Waals surface area contributed by atoms with Crippen LogP contribution in [-0.2, 0) is 4.74 Å². The molecule has 0 spiro atoms. The average molecular weight is 245 g/mol. The first kappa shape index (κ1) is 12.3. The molecule has 2 rings (SSSR count). The van der Waals surface area contributed by atoms with Crippen LogP contribution in [0.15, 0.2) is 12.3 Å². The van der Waals surface area contributed by atoms with Gasteiger partial charge in [-0.1, -0.05) is 0 Å². The number of amides is 2. The van der Waals surface area contributed by atoms with Gasteiger partial charge < -0.3 is 31.1 Å². The van der Waals surface area contributed by atoms with Gasteiger partial charge in [-0.2, -0.15) is 0 Å². The van der Waals surface area contributed by atoms with Crippen LogP contribution in [0, 0.1) is 0 Å². The number of rotatable bonds is 2. The third-order valence-corrected chi connectivity index (χ3v) is 2.77. The lowest BCUT2D eigenvalue weighted by molar-refractivity contribution is -0.0660. The Morgan fingerprint density at radius 1 is 1.47 bits per heavy atom. The predicted octanol–water partition coefficient (Wildman–Crippen LogP) is -2.75. The zero-order valence-electron chi connectivity index (χ0n) is 8.93. The molecule has 0 aromatic rings. The van der Waals surface area contributed by atoms with Crippen molar-refractivity contribution in [1.29, 1.82) is 0 Å². The summed E-state index contributed by atoms with van der Waals surface area (Å²) in [7, 11) is 0. The van der Waals surface area contributed by atoms with Crippen LogP contribution in [0.25, 0.3) is 0 Å². The maximum Gasteiger partial charge on any atom is 0.325 e. The van der Waals surface area contributed by atoms with Crippen LogP contribution in [0.2, 0.25) is 0 Å². The first-order valence-electron chi connectivity index (χ1n) is 5.20. The van der Waals surface area contributed by atoms with Gasteiger partial charge in [-0.25, -0.2) is 4.79 Å². The third-order valence-electron chi connectivity index (χ3n) is 2.77. The van der Waals surface area contributed by atoms with Gasteiger partial charge >= 0.3 is 6.03 Å². The van der Waals surface area contributed by atoms with E-state index in [-0.39, 0.29) is 0 Å². The SMILES string of the molecule is NC1C=CN([C@@H]2O[C@H](CO)C(O)C2O)C(=O)N1. The van der Waals surface area contributed by atoms with Crippen molar-refractivity contribution < 1.29 is 24.9 Å². The molecule has 8 nitrogen and oxygen atoms in total. The highest BCUT2D eigenvalue weighted by molar-refractivity contribution is 5.77. The van der Waals surface area contributed by atoms with Crippen LogP contribution in [0.1, 0.15) is 0 Å². The van der Waals surface area contributed by atoms with E-state index >= 15 is 0 Å². The van der Waals surface area contributed by atoms with Gasteiger partial charge in [0, 0.05) is 6.20 Å². The molecule has 2 amide bonds. The first-order chi connectivity index (χ1) is 8.04. The lowest BCUT2D eigenvalue weighted by Crippen LogP contribution is -2.55. The smallest absolute Gasteiger partial charge is 0.325 e. The topological polar surface area (TPSA) is 128 Å². The Morgan fingerprint density at radius 2 is 2.18 bits per heavy atom. The fraction of sp³-hybridized carbons (Fsp3) is 0.667. The third kappa shape index (κ3) is 2.13. The number of urea groups is 1. The van der Waals surface area contributed by atoms with Gasteiger partial charge in [0.2, 0.25) is 0 Å². The highest BCUT2D eigenvalue weighted by atomic mass is 16.6. The van der Waals surface area contributed by atoms with Crippen LogP contribution in [0.4, 0.5) is 4.79 Å². The van der Waals surface area contributed by atoms with Crippen molar-refractivity contribution >= 4 is 6.03 Å². The second-order valence-electron chi connectivity index (χ2n) is 3.95. The van der Waals surface area contributed by atoms with Crippen LogP contribution in [0.5, 0.6) is 0 Å². The number of aliphatic hydroxyl groups is 3. The fourth-order valence-electron chi connectivity index (χ4n) is 1.83. The molecule has 0 aliphatic carbocycles. The predicted molar refractivity (Wildman–Crippen MR) is 55.2 cm³/mol. The number of hydrogen-bond donors (Lipinski definition) is 5. The van der Waals surface area contributed by atoms with Gasteiger partial charge in [-0.3, -0.25) is 4.90 Å². The molecule has 1 fully saturated rings. The Bertz CT molecular complexity index is 337. The molecular formula is C9H15N3O5. The minimum absolute atomic E-state index is 0.437. The number of nitrogens with two attached hydrogens (primary N) is 1. The summed E-state index contributed by atoms with van der Waals surface area (Å²) in [6.07, 6.45) is -2.16. The average Bonchev–Trinajstić information content (AvgIpc) is 2.57. The molecule has 96 valence electrons. The maximum atomic E-state index is 11.6. The van der Waals surface area contributed by atoms with E-state index < -0.39 is 43.3 Å². The number of ether oxygens (including phenoxy) is 1. The van der Waals surface area contributed by atoms with Gasteiger partial charge in [-0.05, 0) is 6.08 Å². The Balaban J connectivity index is 2.13. The van der Waals surface area contributed by atoms with Crippen molar-refractivity contribution in [2.24, 2.45) is 5.73 Å². The van der Waals surface area contributed by atoms with Crippen molar-refractivity contribution in [3.8, 4) is 0 Å². The lowest BCUT2D eigenvalue weighted by Gasteiger charge is -2.31. The summed E-state index contributed by atoms with van der Waals surface area (Å²) >= 11 is 0. The molecule has 2 aliphatic heterocycles. The summed E-state index contributed by atoms with van der Waals surface area (Å²) < 4.78 is 5.20. The summed E-state index contributed by atoms with van der Waals surface area (Å²) in [5.41, 5.74) is 5.46. The van der Waals surface area contributed by atoms with E-state index in [1.54, 1.807) is 0 Å². The molecule has 6 N–H and O–H groups in total. The molecule has 0 aromatic carbocycles. The van der Waals surface area contributed by atoms with E-state index in [1.807, 2.05) is 0 Å². The molecular weight excluding hydrogens is 230 g/mol. The van der Waals surface area contributed by atoms with Gasteiger partial charge in [0.05, 0.1) is 12.8 Å². The molecule has 0 bridgehead atoms. The number of carbonyl (C=O) groups is 1. The van der Waals surface area contributed by atoms with E-state index in [0.29, 0.717) is 0 Å². The summed E-state index contributed by atoms with van der Waals surface area (Å²) in [6.45, 7) is -0.437. The van der Waals surface area contributed by atoms with Crippen molar-refractivity contribution in [3.05, 3.63) is 12.3 Å². The Kier molecular flexibility index (Phi) is 3.31. The molecule has 8 heteroatoms. The van der Waals surface area contributed by atoms with Crippen molar-refractivity contribution in [3.63, 3.8) is 0 Å². The minimum atomic E-state index is -1.28. The number of hydrogen-bond acceptors (Lipinski definition) is 6. The maximum absolute atomic E-state index is 11.6. The number of aliphatic hydroxyl groups excluding tert-OH is 3. The van der Waals surface area contributed by atoms with Crippen LogP contribution in [-0.4, -0.2) is 63.6 Å². The monoisotopic (exact) mass is 245 g/mol. The zero-order chi connectivity index (χ0) is 12.6. The summed E-state index contributed by atoms with van der Waals surface area (Å²) in [4.78, 5) is 12.7. The highest BCUT2D eigenvalue weighted by Crippen LogP contribution is 2.25. The molecule has 1 saturated heterocycles. The molecule has 2 aliphatic rings. The second kappa shape index (κ2) is 4.59. The molecule has 0 aromatic heterocycles. The van der Waals surface area contributed by atoms with E-state index in [9.17, 15) is 15.0 Å². The molecule has 0 radical (unpaired) electrons. The molecule has 0 saturated carbocycles. The lowest BCUT2D eigenvalue weighted by atomic mass is 10.1. The van der Waals surface area contributed by atoms with Gasteiger partial charge in [0.1, 0.15) is 18.3 Å². The minimum Gasteiger partial charge on any atom is -0.394 e. The zero-order valence-corrected chi connectivity index (χ0v) is 8.93.